The van der Waals surface area contributed by atoms with Gasteiger partial charge in [-0.2, -0.15) is 0 Å². The van der Waals surface area contributed by atoms with E-state index in [2.05, 4.69) is 5.32 Å². The van der Waals surface area contributed by atoms with E-state index in [1.165, 1.54) is 0 Å². The largest absolute Gasteiger partial charge is 0.392 e. The number of carbonyl (C=O) groups excluding carboxylic acids is 2. The fraction of sp³-hybridized carbons (Fsp3) is 0.556. The van der Waals surface area contributed by atoms with Crippen molar-refractivity contribution in [2.45, 2.75) is 39.2 Å². The minimum Gasteiger partial charge on any atom is -0.392 e. The van der Waals surface area contributed by atoms with Gasteiger partial charge in [0, 0.05) is 25.2 Å². The third-order valence-electron chi connectivity index (χ3n) is 5.22. The van der Waals surface area contributed by atoms with Gasteiger partial charge in [0.05, 0.1) is 11.5 Å². The van der Waals surface area contributed by atoms with E-state index < -0.39 is 11.5 Å². The zero-order valence-electron chi connectivity index (χ0n) is 13.8. The van der Waals surface area contributed by atoms with Gasteiger partial charge in [-0.05, 0) is 44.7 Å². The maximum absolute atomic E-state index is 12.9. The summed E-state index contributed by atoms with van der Waals surface area (Å²) in [6.07, 6.45) is 1.25. The number of piperidine rings is 2. The molecule has 2 atom stereocenters. The standard InChI is InChI=1S/C18H24N2O3/c1-12-4-5-14(13(2)10-12)16(22)20-9-6-15(21)18(11-20)7-3-8-19-17(18)23/h4-5,10,15,21H,3,6-9,11H2,1-2H3,(H,19,23)/t15-,18-/m1/s1. The van der Waals surface area contributed by atoms with Gasteiger partial charge in [0.25, 0.3) is 5.91 Å². The van der Waals surface area contributed by atoms with Crippen molar-refractivity contribution in [1.29, 1.82) is 0 Å². The van der Waals surface area contributed by atoms with E-state index in [1.807, 2.05) is 32.0 Å². The van der Waals surface area contributed by atoms with Crippen LogP contribution in [0, 0.1) is 19.3 Å². The van der Waals surface area contributed by atoms with Crippen LogP contribution in [0.1, 0.15) is 40.7 Å². The Balaban J connectivity index is 1.86. The lowest BCUT2D eigenvalue weighted by molar-refractivity contribution is -0.147. The van der Waals surface area contributed by atoms with Crippen molar-refractivity contribution < 1.29 is 14.7 Å². The second-order valence-electron chi connectivity index (χ2n) is 6.87. The Bertz CT molecular complexity index is 643. The van der Waals surface area contributed by atoms with Crippen LogP contribution in [0.3, 0.4) is 0 Å². The van der Waals surface area contributed by atoms with Crippen LogP contribution < -0.4 is 5.32 Å². The Morgan fingerprint density at radius 3 is 2.87 bits per heavy atom. The molecule has 0 radical (unpaired) electrons. The van der Waals surface area contributed by atoms with Crippen LogP contribution in [-0.2, 0) is 4.79 Å². The molecular weight excluding hydrogens is 292 g/mol. The molecule has 2 amide bonds. The molecule has 2 aliphatic rings. The highest BCUT2D eigenvalue weighted by molar-refractivity contribution is 5.96. The van der Waals surface area contributed by atoms with Crippen LogP contribution in [0.4, 0.5) is 0 Å². The summed E-state index contributed by atoms with van der Waals surface area (Å²) < 4.78 is 0. The van der Waals surface area contributed by atoms with Gasteiger partial charge in [0.15, 0.2) is 0 Å². The molecular formula is C18H24N2O3. The summed E-state index contributed by atoms with van der Waals surface area (Å²) in [7, 11) is 0. The molecule has 5 heteroatoms. The number of benzene rings is 1. The zero-order valence-corrected chi connectivity index (χ0v) is 13.8. The first-order chi connectivity index (χ1) is 10.9. The van der Waals surface area contributed by atoms with Crippen LogP contribution in [0.15, 0.2) is 18.2 Å². The van der Waals surface area contributed by atoms with Gasteiger partial charge in [-0.3, -0.25) is 9.59 Å². The quantitative estimate of drug-likeness (QED) is 0.823. The number of nitrogens with one attached hydrogen (secondary N) is 1. The van der Waals surface area contributed by atoms with E-state index in [0.29, 0.717) is 38.0 Å². The highest BCUT2D eigenvalue weighted by atomic mass is 16.3. The highest BCUT2D eigenvalue weighted by Gasteiger charge is 2.50. The van der Waals surface area contributed by atoms with Crippen molar-refractivity contribution in [2.75, 3.05) is 19.6 Å². The van der Waals surface area contributed by atoms with E-state index in [9.17, 15) is 14.7 Å². The molecule has 0 aromatic heterocycles. The molecule has 2 N–H and O–H groups in total. The van der Waals surface area contributed by atoms with Crippen LogP contribution >= 0.6 is 0 Å². The molecule has 0 aliphatic carbocycles. The van der Waals surface area contributed by atoms with Gasteiger partial charge in [0.2, 0.25) is 5.91 Å². The van der Waals surface area contributed by atoms with Crippen molar-refractivity contribution in [3.8, 4) is 0 Å². The number of aryl methyl sites for hydroxylation is 2. The summed E-state index contributed by atoms with van der Waals surface area (Å²) >= 11 is 0. The monoisotopic (exact) mass is 316 g/mol. The number of nitrogens with zero attached hydrogens (tertiary/aromatic N) is 1. The van der Waals surface area contributed by atoms with Crippen molar-refractivity contribution in [3.05, 3.63) is 34.9 Å². The first kappa shape index (κ1) is 16.0. The summed E-state index contributed by atoms with van der Waals surface area (Å²) in [6.45, 7) is 5.37. The molecule has 0 bridgehead atoms. The summed E-state index contributed by atoms with van der Waals surface area (Å²) in [5.41, 5.74) is 1.91. The number of amides is 2. The number of aliphatic hydroxyl groups excluding tert-OH is 1. The molecule has 3 rings (SSSR count). The van der Waals surface area contributed by atoms with Crippen molar-refractivity contribution in [3.63, 3.8) is 0 Å². The minimum absolute atomic E-state index is 0.0489. The smallest absolute Gasteiger partial charge is 0.254 e. The number of likely N-dealkylation sites (tertiary alicyclic amines) is 1. The maximum atomic E-state index is 12.9. The van der Waals surface area contributed by atoms with Crippen molar-refractivity contribution in [2.24, 2.45) is 5.41 Å². The van der Waals surface area contributed by atoms with Crippen LogP contribution in [0.25, 0.3) is 0 Å². The third kappa shape index (κ3) is 2.74. The van der Waals surface area contributed by atoms with Crippen LogP contribution in [0.5, 0.6) is 0 Å². The summed E-state index contributed by atoms with van der Waals surface area (Å²) in [4.78, 5) is 27.0. The zero-order chi connectivity index (χ0) is 16.6. The normalized spacial score (nSPS) is 27.9. The number of carbonyl (C=O) groups is 2. The Morgan fingerprint density at radius 2 is 2.17 bits per heavy atom. The lowest BCUT2D eigenvalue weighted by Crippen LogP contribution is -2.62. The molecule has 2 heterocycles. The first-order valence-electron chi connectivity index (χ1n) is 8.27. The van der Waals surface area contributed by atoms with Gasteiger partial charge in [-0.25, -0.2) is 0 Å². The lowest BCUT2D eigenvalue weighted by atomic mass is 9.71. The number of hydrogen-bond acceptors (Lipinski definition) is 3. The first-order valence-corrected chi connectivity index (χ1v) is 8.27. The average molecular weight is 316 g/mol. The molecule has 1 aromatic rings. The molecule has 5 nitrogen and oxygen atoms in total. The molecule has 2 fully saturated rings. The Kier molecular flexibility index (Phi) is 4.15. The van der Waals surface area contributed by atoms with Crippen molar-refractivity contribution >= 4 is 11.8 Å². The van der Waals surface area contributed by atoms with E-state index in [0.717, 1.165) is 17.5 Å². The average Bonchev–Trinajstić information content (AvgIpc) is 2.52. The summed E-state index contributed by atoms with van der Waals surface area (Å²) in [5, 5.41) is 13.3. The predicted molar refractivity (Wildman–Crippen MR) is 87.1 cm³/mol. The van der Waals surface area contributed by atoms with E-state index >= 15 is 0 Å². The van der Waals surface area contributed by atoms with Crippen LogP contribution in [-0.4, -0.2) is 47.6 Å². The second kappa shape index (κ2) is 5.96. The van der Waals surface area contributed by atoms with Crippen molar-refractivity contribution in [1.82, 2.24) is 10.2 Å². The number of aliphatic hydroxyl groups is 1. The molecule has 1 spiro atoms. The molecule has 2 saturated heterocycles. The topological polar surface area (TPSA) is 69.6 Å². The third-order valence-corrected chi connectivity index (χ3v) is 5.22. The maximum Gasteiger partial charge on any atom is 0.254 e. The van der Waals surface area contributed by atoms with Gasteiger partial charge in [-0.1, -0.05) is 17.7 Å². The minimum atomic E-state index is -0.842. The molecule has 124 valence electrons. The molecule has 0 unspecified atom stereocenters. The van der Waals surface area contributed by atoms with Gasteiger partial charge in [0.1, 0.15) is 0 Å². The van der Waals surface area contributed by atoms with Crippen LogP contribution in [0.2, 0.25) is 0 Å². The van der Waals surface area contributed by atoms with Gasteiger partial charge >= 0.3 is 0 Å². The van der Waals surface area contributed by atoms with Gasteiger partial charge < -0.3 is 15.3 Å². The fourth-order valence-corrected chi connectivity index (χ4v) is 3.84. The highest BCUT2D eigenvalue weighted by Crippen LogP contribution is 2.37. The summed E-state index contributed by atoms with van der Waals surface area (Å²) in [6, 6.07) is 5.78. The van der Waals surface area contributed by atoms with E-state index in [1.54, 1.807) is 4.90 Å². The van der Waals surface area contributed by atoms with E-state index in [4.69, 9.17) is 0 Å². The molecule has 1 aromatic carbocycles. The molecule has 23 heavy (non-hydrogen) atoms. The van der Waals surface area contributed by atoms with E-state index in [-0.39, 0.29) is 11.8 Å². The Morgan fingerprint density at radius 1 is 1.39 bits per heavy atom. The SMILES string of the molecule is Cc1ccc(C(=O)N2CC[C@@H](O)[C@@]3(CCCNC3=O)C2)c(C)c1. The molecule has 2 aliphatic heterocycles. The number of hydrogen-bond donors (Lipinski definition) is 2. The molecule has 0 saturated carbocycles. The lowest BCUT2D eigenvalue weighted by Gasteiger charge is -2.46. The Hall–Kier alpha value is -1.88. The van der Waals surface area contributed by atoms with Gasteiger partial charge in [-0.15, -0.1) is 0 Å². The Labute approximate surface area is 136 Å². The predicted octanol–water partition coefficient (Wildman–Crippen LogP) is 1.41. The fourth-order valence-electron chi connectivity index (χ4n) is 3.84. The summed E-state index contributed by atoms with van der Waals surface area (Å²) in [5.74, 6) is -0.165. The number of rotatable bonds is 1. The second-order valence-corrected chi connectivity index (χ2v) is 6.87.